The largest absolute Gasteiger partial charge is 0.372 e. The molecule has 3 rings (SSSR count). The van der Waals surface area contributed by atoms with Crippen molar-refractivity contribution in [1.82, 2.24) is 4.98 Å². The van der Waals surface area contributed by atoms with E-state index in [0.717, 1.165) is 24.4 Å². The highest BCUT2D eigenvalue weighted by atomic mass is 35.5. The van der Waals surface area contributed by atoms with Crippen molar-refractivity contribution in [2.24, 2.45) is 0 Å². The maximum Gasteiger partial charge on any atom is 0.132 e. The van der Waals surface area contributed by atoms with Gasteiger partial charge in [0.05, 0.1) is 17.7 Å². The fraction of sp³-hybridized carbons (Fsp3) is 0.471. The zero-order chi connectivity index (χ0) is 14.3. The number of morpholine rings is 1. The van der Waals surface area contributed by atoms with Gasteiger partial charge in [0.2, 0.25) is 0 Å². The van der Waals surface area contributed by atoms with Crippen LogP contribution in [-0.2, 0) is 4.74 Å². The first-order valence-electron chi connectivity index (χ1n) is 7.31. The van der Waals surface area contributed by atoms with Crippen LogP contribution in [-0.4, -0.2) is 30.3 Å². The van der Waals surface area contributed by atoms with Crippen LogP contribution in [0.4, 0.5) is 5.82 Å². The first kappa shape index (κ1) is 16.1. The summed E-state index contributed by atoms with van der Waals surface area (Å²) in [4.78, 5) is 7.26. The molecule has 0 spiro atoms. The Balaban J connectivity index is 0.00000161. The Morgan fingerprint density at radius 1 is 1.10 bits per heavy atom. The van der Waals surface area contributed by atoms with Gasteiger partial charge in [-0.15, -0.1) is 12.4 Å². The molecule has 21 heavy (non-hydrogen) atoms. The first-order chi connectivity index (χ1) is 9.52. The number of hydrogen-bond acceptors (Lipinski definition) is 3. The molecular weight excluding hydrogens is 284 g/mol. The lowest BCUT2D eigenvalue weighted by atomic mass is 10.1. The summed E-state index contributed by atoms with van der Waals surface area (Å²) in [5.74, 6) is 1.10. The van der Waals surface area contributed by atoms with Crippen molar-refractivity contribution in [3.05, 3.63) is 35.4 Å². The standard InChI is InChI=1S/C17H22N2O.ClH/c1-11-5-6-15-8-12(2)17(18-16(15)7-11)19-9-13(3)20-14(4)10-19;/h5-8,13-14H,9-10H2,1-4H3;1H. The third-order valence-corrected chi connectivity index (χ3v) is 3.86. The van der Waals surface area contributed by atoms with Gasteiger partial charge >= 0.3 is 0 Å². The number of rotatable bonds is 1. The monoisotopic (exact) mass is 306 g/mol. The average Bonchev–Trinajstić information content (AvgIpc) is 2.37. The molecule has 1 aliphatic heterocycles. The zero-order valence-corrected chi connectivity index (χ0v) is 13.9. The van der Waals surface area contributed by atoms with Crippen LogP contribution in [0.25, 0.3) is 10.9 Å². The minimum Gasteiger partial charge on any atom is -0.372 e. The van der Waals surface area contributed by atoms with Crippen LogP contribution in [0.1, 0.15) is 25.0 Å². The molecule has 2 aromatic rings. The molecule has 3 nitrogen and oxygen atoms in total. The molecule has 2 unspecified atom stereocenters. The van der Waals surface area contributed by atoms with Crippen molar-refractivity contribution in [2.75, 3.05) is 18.0 Å². The molecule has 2 heterocycles. The van der Waals surface area contributed by atoms with Crippen molar-refractivity contribution in [3.63, 3.8) is 0 Å². The van der Waals surface area contributed by atoms with E-state index in [1.54, 1.807) is 0 Å². The highest BCUT2D eigenvalue weighted by Crippen LogP contribution is 2.26. The number of pyridine rings is 1. The minimum absolute atomic E-state index is 0. The Labute approximate surface area is 132 Å². The maximum atomic E-state index is 5.81. The number of anilines is 1. The molecule has 1 aliphatic rings. The summed E-state index contributed by atoms with van der Waals surface area (Å²) in [5, 5.41) is 1.21. The van der Waals surface area contributed by atoms with Gasteiger partial charge in [0.15, 0.2) is 0 Å². The summed E-state index contributed by atoms with van der Waals surface area (Å²) < 4.78 is 5.81. The summed E-state index contributed by atoms with van der Waals surface area (Å²) in [7, 11) is 0. The molecule has 0 radical (unpaired) electrons. The average molecular weight is 307 g/mol. The molecule has 114 valence electrons. The number of aromatic nitrogens is 1. The Hall–Kier alpha value is -1.32. The van der Waals surface area contributed by atoms with Crippen molar-refractivity contribution in [3.8, 4) is 0 Å². The predicted octanol–water partition coefficient (Wildman–Crippen LogP) is 3.89. The third-order valence-electron chi connectivity index (χ3n) is 3.86. The molecule has 2 atom stereocenters. The normalized spacial score (nSPS) is 22.2. The van der Waals surface area contributed by atoms with Crippen molar-refractivity contribution >= 4 is 29.1 Å². The summed E-state index contributed by atoms with van der Waals surface area (Å²) in [5.41, 5.74) is 3.57. The SMILES string of the molecule is Cc1ccc2cc(C)c(N3CC(C)OC(C)C3)nc2c1.Cl. The van der Waals surface area contributed by atoms with E-state index in [1.165, 1.54) is 16.5 Å². The van der Waals surface area contributed by atoms with Crippen LogP contribution in [0, 0.1) is 13.8 Å². The first-order valence-corrected chi connectivity index (χ1v) is 7.31. The smallest absolute Gasteiger partial charge is 0.132 e. The van der Waals surface area contributed by atoms with E-state index in [1.807, 2.05) is 0 Å². The van der Waals surface area contributed by atoms with Gasteiger partial charge in [0.1, 0.15) is 5.82 Å². The molecule has 1 fully saturated rings. The second-order valence-electron chi connectivity index (χ2n) is 5.99. The lowest BCUT2D eigenvalue weighted by Gasteiger charge is -2.36. The number of fused-ring (bicyclic) bond motifs is 1. The highest BCUT2D eigenvalue weighted by Gasteiger charge is 2.24. The number of hydrogen-bond donors (Lipinski definition) is 0. The minimum atomic E-state index is 0. The lowest BCUT2D eigenvalue weighted by Crippen LogP contribution is -2.46. The molecule has 1 aromatic heterocycles. The number of ether oxygens (including phenoxy) is 1. The van der Waals surface area contributed by atoms with Crippen LogP contribution in [0.2, 0.25) is 0 Å². The van der Waals surface area contributed by atoms with Crippen LogP contribution >= 0.6 is 12.4 Å². The molecule has 0 N–H and O–H groups in total. The lowest BCUT2D eigenvalue weighted by molar-refractivity contribution is -0.00547. The molecule has 1 aromatic carbocycles. The van der Waals surface area contributed by atoms with Gasteiger partial charge in [-0.2, -0.15) is 0 Å². The van der Waals surface area contributed by atoms with Crippen LogP contribution in [0.3, 0.4) is 0 Å². The molecule has 0 bridgehead atoms. The molecule has 1 saturated heterocycles. The van der Waals surface area contributed by atoms with Crippen LogP contribution in [0.15, 0.2) is 24.3 Å². The zero-order valence-electron chi connectivity index (χ0n) is 13.1. The number of halogens is 1. The van der Waals surface area contributed by atoms with Crippen molar-refractivity contribution < 1.29 is 4.74 Å². The van der Waals surface area contributed by atoms with E-state index < -0.39 is 0 Å². The van der Waals surface area contributed by atoms with E-state index in [9.17, 15) is 0 Å². The maximum absolute atomic E-state index is 5.81. The van der Waals surface area contributed by atoms with Crippen LogP contribution in [0.5, 0.6) is 0 Å². The Morgan fingerprint density at radius 2 is 1.76 bits per heavy atom. The number of nitrogens with zero attached hydrogens (tertiary/aromatic N) is 2. The Bertz CT molecular complexity index is 634. The summed E-state index contributed by atoms with van der Waals surface area (Å²) in [6.45, 7) is 10.3. The Morgan fingerprint density at radius 3 is 2.43 bits per heavy atom. The van der Waals surface area contributed by atoms with Crippen molar-refractivity contribution in [2.45, 2.75) is 39.9 Å². The molecular formula is C17H23ClN2O. The van der Waals surface area contributed by atoms with Gasteiger partial charge in [-0.05, 0) is 51.0 Å². The van der Waals surface area contributed by atoms with E-state index >= 15 is 0 Å². The number of benzene rings is 1. The molecule has 4 heteroatoms. The highest BCUT2D eigenvalue weighted by molar-refractivity contribution is 5.85. The third kappa shape index (κ3) is 3.30. The fourth-order valence-corrected chi connectivity index (χ4v) is 3.04. The molecule has 0 saturated carbocycles. The summed E-state index contributed by atoms with van der Waals surface area (Å²) >= 11 is 0. The van der Waals surface area contributed by atoms with Gasteiger partial charge in [-0.3, -0.25) is 0 Å². The van der Waals surface area contributed by atoms with E-state index in [0.29, 0.717) is 0 Å². The predicted molar refractivity (Wildman–Crippen MR) is 90.7 cm³/mol. The summed E-state index contributed by atoms with van der Waals surface area (Å²) in [6.07, 6.45) is 0.515. The van der Waals surface area contributed by atoms with E-state index in [-0.39, 0.29) is 24.6 Å². The quantitative estimate of drug-likeness (QED) is 0.799. The van der Waals surface area contributed by atoms with Gasteiger partial charge < -0.3 is 9.64 Å². The van der Waals surface area contributed by atoms with E-state index in [4.69, 9.17) is 9.72 Å². The second-order valence-corrected chi connectivity index (χ2v) is 5.99. The second kappa shape index (κ2) is 6.20. The fourth-order valence-electron chi connectivity index (χ4n) is 3.04. The van der Waals surface area contributed by atoms with Gasteiger partial charge in [-0.1, -0.05) is 12.1 Å². The van der Waals surface area contributed by atoms with Gasteiger partial charge in [-0.25, -0.2) is 4.98 Å². The van der Waals surface area contributed by atoms with Crippen LogP contribution < -0.4 is 4.90 Å². The number of aryl methyl sites for hydroxylation is 2. The van der Waals surface area contributed by atoms with E-state index in [2.05, 4.69) is 56.9 Å². The van der Waals surface area contributed by atoms with Gasteiger partial charge in [0, 0.05) is 18.5 Å². The summed E-state index contributed by atoms with van der Waals surface area (Å²) in [6, 6.07) is 8.69. The Kier molecular flexibility index (Phi) is 4.74. The van der Waals surface area contributed by atoms with Gasteiger partial charge in [0.25, 0.3) is 0 Å². The molecule has 0 aliphatic carbocycles. The van der Waals surface area contributed by atoms with Crippen molar-refractivity contribution in [1.29, 1.82) is 0 Å². The topological polar surface area (TPSA) is 25.4 Å². The molecule has 0 amide bonds.